The van der Waals surface area contributed by atoms with E-state index in [1.165, 1.54) is 0 Å². The van der Waals surface area contributed by atoms with E-state index in [2.05, 4.69) is 13.8 Å². The first-order valence-corrected chi connectivity index (χ1v) is 5.98. The lowest BCUT2D eigenvalue weighted by atomic mass is 10.1. The van der Waals surface area contributed by atoms with Gasteiger partial charge in [0, 0.05) is 26.2 Å². The van der Waals surface area contributed by atoms with Gasteiger partial charge in [-0.05, 0) is 19.3 Å². The molecular weight excluding hydrogens is 192 g/mol. The molecule has 0 saturated heterocycles. The summed E-state index contributed by atoms with van der Waals surface area (Å²) in [7, 11) is 0. The number of hydrogen-bond acceptors (Lipinski definition) is 3. The van der Waals surface area contributed by atoms with Gasteiger partial charge >= 0.3 is 0 Å². The first-order valence-electron chi connectivity index (χ1n) is 5.98. The highest BCUT2D eigenvalue weighted by molar-refractivity contribution is 5.50. The lowest BCUT2D eigenvalue weighted by molar-refractivity contribution is -0.110. The molecule has 0 saturated carbocycles. The van der Waals surface area contributed by atoms with Gasteiger partial charge in [0.1, 0.15) is 6.29 Å². The van der Waals surface area contributed by atoms with Gasteiger partial charge in [0.05, 0.1) is 6.10 Å². The summed E-state index contributed by atoms with van der Waals surface area (Å²) >= 11 is 0. The van der Waals surface area contributed by atoms with Crippen molar-refractivity contribution in [2.45, 2.75) is 52.1 Å². The molecule has 0 aliphatic rings. The van der Waals surface area contributed by atoms with E-state index in [1.807, 2.05) is 0 Å². The molecule has 0 bridgehead atoms. The molecule has 0 aromatic carbocycles. The minimum absolute atomic E-state index is 0.110. The van der Waals surface area contributed by atoms with Crippen molar-refractivity contribution >= 4 is 6.29 Å². The van der Waals surface area contributed by atoms with Crippen LogP contribution in [0.2, 0.25) is 0 Å². The highest BCUT2D eigenvalue weighted by Crippen LogP contribution is 2.05. The van der Waals surface area contributed by atoms with Crippen molar-refractivity contribution in [3.8, 4) is 0 Å². The fourth-order valence-electron chi connectivity index (χ4n) is 1.36. The maximum atomic E-state index is 10.4. The van der Waals surface area contributed by atoms with E-state index in [4.69, 9.17) is 9.47 Å². The highest BCUT2D eigenvalue weighted by atomic mass is 16.5. The second kappa shape index (κ2) is 11.7. The van der Waals surface area contributed by atoms with Gasteiger partial charge in [-0.15, -0.1) is 0 Å². The Balaban J connectivity index is 3.32. The number of carbonyl (C=O) groups is 1. The zero-order valence-corrected chi connectivity index (χ0v) is 10.0. The van der Waals surface area contributed by atoms with Crippen LogP contribution in [-0.2, 0) is 14.3 Å². The summed E-state index contributed by atoms with van der Waals surface area (Å²) in [5.41, 5.74) is 0. The van der Waals surface area contributed by atoms with Gasteiger partial charge < -0.3 is 14.3 Å². The highest BCUT2D eigenvalue weighted by Gasteiger charge is 2.06. The molecular formula is C12H24O3. The van der Waals surface area contributed by atoms with Crippen molar-refractivity contribution in [1.82, 2.24) is 0 Å². The fourth-order valence-corrected chi connectivity index (χ4v) is 1.36. The second-order valence-corrected chi connectivity index (χ2v) is 3.65. The molecule has 0 amide bonds. The van der Waals surface area contributed by atoms with Gasteiger partial charge in [-0.2, -0.15) is 0 Å². The smallest absolute Gasteiger partial charge is 0.122 e. The lowest BCUT2D eigenvalue weighted by Crippen LogP contribution is -2.15. The second-order valence-electron chi connectivity index (χ2n) is 3.65. The van der Waals surface area contributed by atoms with E-state index in [0.717, 1.165) is 45.2 Å². The van der Waals surface area contributed by atoms with Crippen LogP contribution in [0.25, 0.3) is 0 Å². The van der Waals surface area contributed by atoms with Crippen LogP contribution in [0.1, 0.15) is 46.0 Å². The first-order chi connectivity index (χ1) is 7.35. The van der Waals surface area contributed by atoms with Crippen molar-refractivity contribution in [1.29, 1.82) is 0 Å². The maximum Gasteiger partial charge on any atom is 0.122 e. The van der Waals surface area contributed by atoms with Crippen molar-refractivity contribution in [2.24, 2.45) is 0 Å². The molecule has 0 aromatic rings. The molecule has 0 aliphatic carbocycles. The van der Waals surface area contributed by atoms with Gasteiger partial charge in [-0.1, -0.05) is 20.3 Å². The monoisotopic (exact) mass is 216 g/mol. The van der Waals surface area contributed by atoms with Crippen LogP contribution >= 0.6 is 0 Å². The van der Waals surface area contributed by atoms with E-state index in [-0.39, 0.29) is 6.10 Å². The minimum Gasteiger partial charge on any atom is -0.381 e. The summed E-state index contributed by atoms with van der Waals surface area (Å²) in [6.07, 6.45) is 5.57. The molecule has 0 fully saturated rings. The van der Waals surface area contributed by atoms with Gasteiger partial charge in [-0.25, -0.2) is 0 Å². The van der Waals surface area contributed by atoms with Gasteiger partial charge in [0.15, 0.2) is 0 Å². The first kappa shape index (κ1) is 14.6. The van der Waals surface area contributed by atoms with Gasteiger partial charge in [0.2, 0.25) is 0 Å². The summed E-state index contributed by atoms with van der Waals surface area (Å²) in [6.45, 7) is 6.48. The van der Waals surface area contributed by atoms with Crippen LogP contribution in [0.5, 0.6) is 0 Å². The number of aldehydes is 1. The molecule has 0 radical (unpaired) electrons. The average molecular weight is 216 g/mol. The van der Waals surface area contributed by atoms with E-state index in [0.29, 0.717) is 13.0 Å². The predicted octanol–water partition coefficient (Wildman–Crippen LogP) is 2.58. The Hall–Kier alpha value is -0.410. The molecule has 0 heterocycles. The standard InChI is InChI=1S/C12H24O3/c1-3-6-12(7-8-13)15-11-5-10-14-9-4-2/h8,12H,3-7,9-11H2,1-2H3. The van der Waals surface area contributed by atoms with Crippen LogP contribution in [-0.4, -0.2) is 32.2 Å². The van der Waals surface area contributed by atoms with Crippen molar-refractivity contribution in [2.75, 3.05) is 19.8 Å². The van der Waals surface area contributed by atoms with Crippen molar-refractivity contribution in [3.05, 3.63) is 0 Å². The third-order valence-corrected chi connectivity index (χ3v) is 2.10. The fraction of sp³-hybridized carbons (Fsp3) is 0.917. The van der Waals surface area contributed by atoms with E-state index < -0.39 is 0 Å². The summed E-state index contributed by atoms with van der Waals surface area (Å²) < 4.78 is 10.9. The largest absolute Gasteiger partial charge is 0.381 e. The quantitative estimate of drug-likeness (QED) is 0.393. The Morgan fingerprint density at radius 2 is 1.93 bits per heavy atom. The van der Waals surface area contributed by atoms with Crippen molar-refractivity contribution in [3.63, 3.8) is 0 Å². The lowest BCUT2D eigenvalue weighted by Gasteiger charge is -2.14. The molecule has 0 aromatic heterocycles. The normalized spacial score (nSPS) is 12.7. The number of carbonyl (C=O) groups excluding carboxylic acids is 1. The third-order valence-electron chi connectivity index (χ3n) is 2.10. The Labute approximate surface area is 93.1 Å². The summed E-state index contributed by atoms with van der Waals surface area (Å²) in [5.74, 6) is 0. The third kappa shape index (κ3) is 9.88. The Morgan fingerprint density at radius 1 is 1.13 bits per heavy atom. The molecule has 1 unspecified atom stereocenters. The van der Waals surface area contributed by atoms with Crippen LogP contribution < -0.4 is 0 Å². The SMILES string of the molecule is CCCOCCCOC(CC=O)CCC. The van der Waals surface area contributed by atoms with Gasteiger partial charge in [0.25, 0.3) is 0 Å². The summed E-state index contributed by atoms with van der Waals surface area (Å²) in [4.78, 5) is 10.4. The Bertz CT molecular complexity index is 137. The molecule has 90 valence electrons. The Morgan fingerprint density at radius 3 is 2.53 bits per heavy atom. The topological polar surface area (TPSA) is 35.5 Å². The van der Waals surface area contributed by atoms with Crippen molar-refractivity contribution < 1.29 is 14.3 Å². The molecule has 1 atom stereocenters. The summed E-state index contributed by atoms with van der Waals surface area (Å²) in [6, 6.07) is 0. The van der Waals surface area contributed by atoms with Crippen LogP contribution in [0.3, 0.4) is 0 Å². The van der Waals surface area contributed by atoms with E-state index in [9.17, 15) is 4.79 Å². The predicted molar refractivity (Wildman–Crippen MR) is 61.1 cm³/mol. The summed E-state index contributed by atoms with van der Waals surface area (Å²) in [5, 5.41) is 0. The number of ether oxygens (including phenoxy) is 2. The zero-order chi connectivity index (χ0) is 11.4. The zero-order valence-electron chi connectivity index (χ0n) is 10.0. The molecule has 0 spiro atoms. The van der Waals surface area contributed by atoms with Crippen LogP contribution in [0, 0.1) is 0 Å². The van der Waals surface area contributed by atoms with Crippen LogP contribution in [0.4, 0.5) is 0 Å². The van der Waals surface area contributed by atoms with E-state index in [1.54, 1.807) is 0 Å². The number of rotatable bonds is 11. The molecule has 3 nitrogen and oxygen atoms in total. The van der Waals surface area contributed by atoms with Gasteiger partial charge in [-0.3, -0.25) is 0 Å². The molecule has 0 N–H and O–H groups in total. The molecule has 3 heteroatoms. The molecule has 15 heavy (non-hydrogen) atoms. The van der Waals surface area contributed by atoms with E-state index >= 15 is 0 Å². The van der Waals surface area contributed by atoms with Crippen LogP contribution in [0.15, 0.2) is 0 Å². The minimum atomic E-state index is 0.110. The molecule has 0 aliphatic heterocycles. The average Bonchev–Trinajstić information content (AvgIpc) is 2.24. The Kier molecular flexibility index (Phi) is 11.3. The molecule has 0 rings (SSSR count). The maximum absolute atomic E-state index is 10.4. The number of hydrogen-bond donors (Lipinski definition) is 0.